The Kier molecular flexibility index (Phi) is 4.84. The monoisotopic (exact) mass is 436 g/mol. The molecule has 1 aliphatic rings. The highest BCUT2D eigenvalue weighted by molar-refractivity contribution is 5.94. The summed E-state index contributed by atoms with van der Waals surface area (Å²) in [5, 5.41) is 4.04. The van der Waals surface area contributed by atoms with Gasteiger partial charge in [0.2, 0.25) is 0 Å². The van der Waals surface area contributed by atoms with E-state index in [2.05, 4.69) is 21.4 Å². The third-order valence-electron chi connectivity index (χ3n) is 5.64. The van der Waals surface area contributed by atoms with Crippen LogP contribution in [0.2, 0.25) is 0 Å². The fourth-order valence-electron chi connectivity index (χ4n) is 4.06. The second-order valence-electron chi connectivity index (χ2n) is 7.74. The molecule has 1 aliphatic heterocycles. The average Bonchev–Trinajstić information content (AvgIpc) is 3.16. The van der Waals surface area contributed by atoms with Gasteiger partial charge in [-0.15, -0.1) is 0 Å². The van der Waals surface area contributed by atoms with Gasteiger partial charge in [0.15, 0.2) is 0 Å². The number of anilines is 2. The number of carbonyl (C=O) groups is 1. The zero-order chi connectivity index (χ0) is 22.3. The normalized spacial score (nSPS) is 13.8. The van der Waals surface area contributed by atoms with Crippen LogP contribution in [0.1, 0.15) is 27.2 Å². The van der Waals surface area contributed by atoms with Gasteiger partial charge in [-0.05, 0) is 48.4 Å². The van der Waals surface area contributed by atoms with Gasteiger partial charge >= 0.3 is 6.18 Å². The van der Waals surface area contributed by atoms with Gasteiger partial charge in [-0.3, -0.25) is 4.79 Å². The minimum absolute atomic E-state index is 0.132. The first-order chi connectivity index (χ1) is 15.4. The van der Waals surface area contributed by atoms with Crippen LogP contribution in [0.5, 0.6) is 0 Å². The number of carbonyl (C=O) groups excluding carboxylic acids is 1. The molecule has 5 nitrogen and oxygen atoms in total. The van der Waals surface area contributed by atoms with Crippen LogP contribution in [-0.4, -0.2) is 27.3 Å². The van der Waals surface area contributed by atoms with Crippen molar-refractivity contribution in [2.75, 3.05) is 11.9 Å². The Morgan fingerprint density at radius 2 is 1.91 bits per heavy atom. The largest absolute Gasteiger partial charge is 0.416 e. The molecule has 4 aromatic rings. The molecular weight excluding hydrogens is 417 g/mol. The molecule has 0 bridgehead atoms. The molecule has 0 fully saturated rings. The number of alkyl halides is 3. The van der Waals surface area contributed by atoms with Gasteiger partial charge in [0.05, 0.1) is 17.7 Å². The highest BCUT2D eigenvalue weighted by Crippen LogP contribution is 2.31. The van der Waals surface area contributed by atoms with Crippen LogP contribution in [0.25, 0.3) is 10.9 Å². The van der Waals surface area contributed by atoms with E-state index in [-0.39, 0.29) is 11.6 Å². The Bertz CT molecular complexity index is 1290. The molecule has 162 valence electrons. The molecule has 0 aliphatic carbocycles. The summed E-state index contributed by atoms with van der Waals surface area (Å²) in [5.74, 6) is 0.227. The van der Waals surface area contributed by atoms with E-state index >= 15 is 0 Å². The Balaban J connectivity index is 1.30. The quantitative estimate of drug-likeness (QED) is 0.444. The maximum absolute atomic E-state index is 13.0. The Morgan fingerprint density at radius 3 is 2.69 bits per heavy atom. The fourth-order valence-corrected chi connectivity index (χ4v) is 4.06. The number of hydrogen-bond donors (Lipinski definition) is 2. The number of para-hydroxylation sites is 1. The molecule has 1 amide bonds. The Labute approximate surface area is 181 Å². The summed E-state index contributed by atoms with van der Waals surface area (Å²) in [6.45, 7) is 1.10. The molecule has 0 radical (unpaired) electrons. The number of aromatic amines is 1. The van der Waals surface area contributed by atoms with Crippen LogP contribution in [0.4, 0.5) is 24.7 Å². The molecule has 3 heterocycles. The lowest BCUT2D eigenvalue weighted by Crippen LogP contribution is -2.35. The molecule has 0 unspecified atom stereocenters. The van der Waals surface area contributed by atoms with E-state index in [9.17, 15) is 18.0 Å². The van der Waals surface area contributed by atoms with E-state index in [1.54, 1.807) is 17.0 Å². The van der Waals surface area contributed by atoms with E-state index in [1.807, 2.05) is 18.2 Å². The molecule has 2 aromatic heterocycles. The Morgan fingerprint density at radius 1 is 1.06 bits per heavy atom. The van der Waals surface area contributed by atoms with Crippen molar-refractivity contribution in [2.24, 2.45) is 0 Å². The van der Waals surface area contributed by atoms with Crippen molar-refractivity contribution in [1.29, 1.82) is 0 Å². The Hall–Kier alpha value is -3.81. The lowest BCUT2D eigenvalue weighted by atomic mass is 10.0. The van der Waals surface area contributed by atoms with Gasteiger partial charge < -0.3 is 15.2 Å². The molecule has 32 heavy (non-hydrogen) atoms. The van der Waals surface area contributed by atoms with E-state index in [1.165, 1.54) is 29.3 Å². The second-order valence-corrected chi connectivity index (χ2v) is 7.74. The molecule has 0 saturated heterocycles. The summed E-state index contributed by atoms with van der Waals surface area (Å²) >= 11 is 0. The topological polar surface area (TPSA) is 61.0 Å². The van der Waals surface area contributed by atoms with Crippen molar-refractivity contribution in [3.05, 3.63) is 89.2 Å². The number of hydrogen-bond acceptors (Lipinski definition) is 3. The van der Waals surface area contributed by atoms with Gasteiger partial charge in [0, 0.05) is 35.0 Å². The molecule has 0 atom stereocenters. The number of halogens is 3. The summed E-state index contributed by atoms with van der Waals surface area (Å²) in [4.78, 5) is 22.4. The van der Waals surface area contributed by atoms with Crippen LogP contribution >= 0.6 is 0 Å². The number of nitrogens with one attached hydrogen (secondary N) is 2. The van der Waals surface area contributed by atoms with Gasteiger partial charge in [-0.2, -0.15) is 13.2 Å². The molecule has 8 heteroatoms. The lowest BCUT2D eigenvalue weighted by molar-refractivity contribution is -0.137. The van der Waals surface area contributed by atoms with Crippen LogP contribution in [0, 0.1) is 0 Å². The van der Waals surface area contributed by atoms with E-state index < -0.39 is 11.7 Å². The number of amides is 1. The number of pyridine rings is 1. The average molecular weight is 436 g/mol. The summed E-state index contributed by atoms with van der Waals surface area (Å²) in [5.41, 5.74) is 3.33. The van der Waals surface area contributed by atoms with Crippen LogP contribution < -0.4 is 5.32 Å². The number of fused-ring (bicyclic) bond motifs is 3. The van der Waals surface area contributed by atoms with Crippen molar-refractivity contribution in [1.82, 2.24) is 14.9 Å². The van der Waals surface area contributed by atoms with Gasteiger partial charge in [0.1, 0.15) is 5.82 Å². The van der Waals surface area contributed by atoms with Crippen molar-refractivity contribution in [3.63, 3.8) is 0 Å². The van der Waals surface area contributed by atoms with Crippen molar-refractivity contribution < 1.29 is 18.0 Å². The molecule has 0 spiro atoms. The fraction of sp³-hybridized carbons (Fsp3) is 0.167. The summed E-state index contributed by atoms with van der Waals surface area (Å²) < 4.78 is 38.7. The standard InChI is InChI=1S/C24H19F3N4O/c25-24(26,27)16-4-3-5-17(12-16)29-22-9-8-15(13-28-22)23(32)31-11-10-19-18-6-1-2-7-20(18)30-21(19)14-31/h1-9,12-13,30H,10-11,14H2,(H,28,29). The van der Waals surface area contributed by atoms with Crippen molar-refractivity contribution in [3.8, 4) is 0 Å². The van der Waals surface area contributed by atoms with Gasteiger partial charge in [0.25, 0.3) is 5.91 Å². The third kappa shape index (κ3) is 3.79. The minimum Gasteiger partial charge on any atom is -0.357 e. The molecule has 2 N–H and O–H groups in total. The van der Waals surface area contributed by atoms with Gasteiger partial charge in [-0.1, -0.05) is 24.3 Å². The SMILES string of the molecule is O=C(c1ccc(Nc2cccc(C(F)(F)F)c2)nc1)N1CCc2c([nH]c3ccccc23)C1. The zero-order valence-electron chi connectivity index (χ0n) is 16.9. The summed E-state index contributed by atoms with van der Waals surface area (Å²) in [6.07, 6.45) is -2.20. The van der Waals surface area contributed by atoms with E-state index in [0.717, 1.165) is 29.8 Å². The van der Waals surface area contributed by atoms with Crippen LogP contribution in [0.3, 0.4) is 0 Å². The highest BCUT2D eigenvalue weighted by Gasteiger charge is 2.30. The molecular formula is C24H19F3N4O. The molecule has 5 rings (SSSR count). The smallest absolute Gasteiger partial charge is 0.357 e. The van der Waals surface area contributed by atoms with E-state index in [0.29, 0.717) is 24.5 Å². The predicted molar refractivity (Wildman–Crippen MR) is 116 cm³/mol. The van der Waals surface area contributed by atoms with Crippen LogP contribution in [-0.2, 0) is 19.1 Å². The maximum Gasteiger partial charge on any atom is 0.416 e. The summed E-state index contributed by atoms with van der Waals surface area (Å²) in [6, 6.07) is 16.2. The minimum atomic E-state index is -4.42. The van der Waals surface area contributed by atoms with Crippen molar-refractivity contribution >= 4 is 28.3 Å². The molecule has 2 aromatic carbocycles. The van der Waals surface area contributed by atoms with Gasteiger partial charge in [-0.25, -0.2) is 4.98 Å². The predicted octanol–water partition coefficient (Wildman–Crippen LogP) is 5.52. The summed E-state index contributed by atoms with van der Waals surface area (Å²) in [7, 11) is 0. The zero-order valence-corrected chi connectivity index (χ0v) is 16.9. The van der Waals surface area contributed by atoms with E-state index in [4.69, 9.17) is 0 Å². The lowest BCUT2D eigenvalue weighted by Gasteiger charge is -2.27. The number of nitrogens with zero attached hydrogens (tertiary/aromatic N) is 2. The maximum atomic E-state index is 13.0. The first kappa shape index (κ1) is 20.1. The number of H-pyrrole nitrogens is 1. The molecule has 0 saturated carbocycles. The van der Waals surface area contributed by atoms with Crippen LogP contribution in [0.15, 0.2) is 66.9 Å². The first-order valence-corrected chi connectivity index (χ1v) is 10.2. The second kappa shape index (κ2) is 7.71. The number of aromatic nitrogens is 2. The third-order valence-corrected chi connectivity index (χ3v) is 5.64. The van der Waals surface area contributed by atoms with Crippen molar-refractivity contribution in [2.45, 2.75) is 19.1 Å². The number of rotatable bonds is 3. The first-order valence-electron chi connectivity index (χ1n) is 10.2. The number of benzene rings is 2. The highest BCUT2D eigenvalue weighted by atomic mass is 19.4.